The van der Waals surface area contributed by atoms with Crippen molar-refractivity contribution in [2.75, 3.05) is 19.6 Å². The molecule has 1 unspecified atom stereocenters. The van der Waals surface area contributed by atoms with Crippen LogP contribution in [0.3, 0.4) is 0 Å². The van der Waals surface area contributed by atoms with E-state index in [0.717, 1.165) is 27.8 Å². The molecule has 180 valence electrons. The van der Waals surface area contributed by atoms with Crippen LogP contribution in [0.4, 0.5) is 13.2 Å². The van der Waals surface area contributed by atoms with Crippen LogP contribution in [0.15, 0.2) is 72.8 Å². The fraction of sp³-hybridized carbons (Fsp3) is 0.321. The second-order valence-electron chi connectivity index (χ2n) is 9.67. The van der Waals surface area contributed by atoms with E-state index in [0.29, 0.717) is 44.6 Å². The monoisotopic (exact) mass is 479 g/mol. The van der Waals surface area contributed by atoms with Crippen LogP contribution in [-0.2, 0) is 16.0 Å². The van der Waals surface area contributed by atoms with Crippen LogP contribution in [0, 0.1) is 0 Å². The molecule has 0 amide bonds. The van der Waals surface area contributed by atoms with Gasteiger partial charge in [-0.15, -0.1) is 0 Å². The Morgan fingerprint density at radius 3 is 2.14 bits per heavy atom. The molecule has 7 heteroatoms. The highest BCUT2D eigenvalue weighted by Crippen LogP contribution is 2.54. The number of nitrogens with zero attached hydrogens (tertiary/aromatic N) is 1. The van der Waals surface area contributed by atoms with Crippen molar-refractivity contribution in [3.8, 4) is 28.0 Å². The molecule has 4 aliphatic rings. The Hall–Kier alpha value is -3.32. The van der Waals surface area contributed by atoms with Crippen LogP contribution in [0.25, 0.3) is 22.3 Å². The first-order valence-electron chi connectivity index (χ1n) is 11.8. The molecular formula is C28H24F3NO3. The van der Waals surface area contributed by atoms with E-state index in [1.165, 1.54) is 0 Å². The number of hydrogen-bond donors (Lipinski definition) is 0. The smallest absolute Gasteiger partial charge is 0.480 e. The number of benzene rings is 3. The van der Waals surface area contributed by atoms with E-state index in [1.54, 1.807) is 0 Å². The molecule has 4 aliphatic heterocycles. The highest BCUT2D eigenvalue weighted by molar-refractivity contribution is 5.81. The highest BCUT2D eigenvalue weighted by Gasteiger charge is 2.66. The summed E-state index contributed by atoms with van der Waals surface area (Å²) >= 11 is 0. The molecule has 7 rings (SSSR count). The molecule has 1 atom stereocenters. The van der Waals surface area contributed by atoms with Gasteiger partial charge < -0.3 is 9.47 Å². The van der Waals surface area contributed by atoms with Gasteiger partial charge in [0.05, 0.1) is 0 Å². The zero-order valence-electron chi connectivity index (χ0n) is 19.0. The minimum absolute atomic E-state index is 0.315. The van der Waals surface area contributed by atoms with E-state index >= 15 is 0 Å². The van der Waals surface area contributed by atoms with Gasteiger partial charge in [-0.3, -0.25) is 4.90 Å². The lowest BCUT2D eigenvalue weighted by atomic mass is 9.69. The third kappa shape index (κ3) is 3.60. The van der Waals surface area contributed by atoms with Crippen LogP contribution >= 0.6 is 0 Å². The van der Waals surface area contributed by atoms with E-state index in [-0.39, 0.29) is 0 Å². The number of piperidine rings is 3. The molecule has 35 heavy (non-hydrogen) atoms. The number of fused-ring (bicyclic) bond motifs is 3. The minimum atomic E-state index is -5.05. The highest BCUT2D eigenvalue weighted by atomic mass is 19.4. The lowest BCUT2D eigenvalue weighted by Crippen LogP contribution is -2.73. The van der Waals surface area contributed by atoms with Gasteiger partial charge in [0.15, 0.2) is 11.2 Å². The molecule has 0 aromatic heterocycles. The molecule has 1 spiro atoms. The zero-order valence-corrected chi connectivity index (χ0v) is 19.0. The number of esters is 1. The summed E-state index contributed by atoms with van der Waals surface area (Å²) in [7, 11) is 0. The Labute approximate surface area is 201 Å². The third-order valence-electron chi connectivity index (χ3n) is 7.62. The molecular weight excluding hydrogens is 455 g/mol. The number of carbonyl (C=O) groups excluding carboxylic acids is 1. The first-order valence-corrected chi connectivity index (χ1v) is 11.8. The first kappa shape index (κ1) is 22.2. The van der Waals surface area contributed by atoms with Gasteiger partial charge in [0.1, 0.15) is 5.75 Å². The lowest BCUT2D eigenvalue weighted by molar-refractivity contribution is -0.254. The van der Waals surface area contributed by atoms with E-state index in [9.17, 15) is 18.0 Å². The number of alkyl halides is 3. The van der Waals surface area contributed by atoms with Crippen molar-refractivity contribution in [2.24, 2.45) is 0 Å². The van der Waals surface area contributed by atoms with Gasteiger partial charge >= 0.3 is 12.1 Å². The molecule has 0 saturated carbocycles. The van der Waals surface area contributed by atoms with Gasteiger partial charge in [0.2, 0.25) is 0 Å². The summed E-state index contributed by atoms with van der Waals surface area (Å²) in [5.41, 5.74) is 2.42. The fourth-order valence-corrected chi connectivity index (χ4v) is 5.92. The van der Waals surface area contributed by atoms with Crippen molar-refractivity contribution in [1.29, 1.82) is 0 Å². The van der Waals surface area contributed by atoms with Crippen molar-refractivity contribution in [3.05, 3.63) is 78.4 Å². The maximum Gasteiger partial charge on any atom is 0.490 e. The van der Waals surface area contributed by atoms with Crippen molar-refractivity contribution < 1.29 is 27.4 Å². The molecule has 3 saturated heterocycles. The van der Waals surface area contributed by atoms with Crippen LogP contribution in [0.1, 0.15) is 18.4 Å². The van der Waals surface area contributed by atoms with Gasteiger partial charge in [0, 0.05) is 44.5 Å². The molecule has 3 aromatic rings. The maximum atomic E-state index is 13.3. The second kappa shape index (κ2) is 7.85. The van der Waals surface area contributed by atoms with Gasteiger partial charge in [0.25, 0.3) is 0 Å². The third-order valence-corrected chi connectivity index (χ3v) is 7.62. The zero-order chi connectivity index (χ0) is 24.3. The van der Waals surface area contributed by atoms with Crippen LogP contribution in [0.5, 0.6) is 5.75 Å². The Morgan fingerprint density at radius 2 is 1.51 bits per heavy atom. The number of carbonyl (C=O) groups is 1. The summed E-state index contributed by atoms with van der Waals surface area (Å²) in [4.78, 5) is 14.2. The van der Waals surface area contributed by atoms with E-state index in [1.807, 2.05) is 60.7 Å². The SMILES string of the molecule is O=C(OC12CCN(CC1)CC21Cc2cc(-c3ccccc3)cc(-c3ccccc3)c2O1)C(F)(F)F. The van der Waals surface area contributed by atoms with E-state index < -0.39 is 23.3 Å². The van der Waals surface area contributed by atoms with E-state index in [2.05, 4.69) is 17.0 Å². The van der Waals surface area contributed by atoms with Crippen molar-refractivity contribution >= 4 is 5.97 Å². The van der Waals surface area contributed by atoms with Gasteiger partial charge in [-0.2, -0.15) is 13.2 Å². The van der Waals surface area contributed by atoms with Crippen molar-refractivity contribution in [1.82, 2.24) is 4.90 Å². The molecule has 0 radical (unpaired) electrons. The van der Waals surface area contributed by atoms with Crippen LogP contribution in [-0.4, -0.2) is 47.9 Å². The average Bonchev–Trinajstić information content (AvgIpc) is 3.23. The van der Waals surface area contributed by atoms with Crippen molar-refractivity contribution in [2.45, 2.75) is 36.6 Å². The number of hydrogen-bond acceptors (Lipinski definition) is 4. The Morgan fingerprint density at radius 1 is 0.886 bits per heavy atom. The molecule has 2 bridgehead atoms. The molecule has 3 aromatic carbocycles. The minimum Gasteiger partial charge on any atom is -0.480 e. The average molecular weight is 479 g/mol. The molecule has 4 nitrogen and oxygen atoms in total. The van der Waals surface area contributed by atoms with Crippen LogP contribution in [0.2, 0.25) is 0 Å². The Kier molecular flexibility index (Phi) is 4.97. The maximum absolute atomic E-state index is 13.3. The normalized spacial score (nSPS) is 26.9. The van der Waals surface area contributed by atoms with Gasteiger partial charge in [-0.1, -0.05) is 60.7 Å². The predicted octanol–water partition coefficient (Wildman–Crippen LogP) is 5.65. The molecule has 0 aliphatic carbocycles. The topological polar surface area (TPSA) is 38.8 Å². The van der Waals surface area contributed by atoms with Gasteiger partial charge in [-0.25, -0.2) is 4.79 Å². The summed E-state index contributed by atoms with van der Waals surface area (Å²) in [5, 5.41) is 0. The Bertz CT molecular complexity index is 1270. The molecule has 4 heterocycles. The van der Waals surface area contributed by atoms with Crippen LogP contribution < -0.4 is 4.74 Å². The predicted molar refractivity (Wildman–Crippen MR) is 125 cm³/mol. The summed E-state index contributed by atoms with van der Waals surface area (Å²) < 4.78 is 51.8. The van der Waals surface area contributed by atoms with E-state index in [4.69, 9.17) is 9.47 Å². The summed E-state index contributed by atoms with van der Waals surface area (Å²) in [6.07, 6.45) is -4.04. The van der Waals surface area contributed by atoms with Gasteiger partial charge in [-0.05, 0) is 34.4 Å². The standard InChI is InChI=1S/C28H24F3NO3/c29-28(30,31)25(33)35-26-11-13-32(14-12-26)18-27(26)17-22-15-21(19-7-3-1-4-8-19)16-23(24(22)34-27)20-9-5-2-6-10-20/h1-10,15-16H,11-14,17-18H2. The second-order valence-corrected chi connectivity index (χ2v) is 9.67. The number of rotatable bonds is 3. The largest absolute Gasteiger partial charge is 0.490 e. The quantitative estimate of drug-likeness (QED) is 0.456. The lowest BCUT2D eigenvalue weighted by Gasteiger charge is -2.57. The summed E-state index contributed by atoms with van der Waals surface area (Å²) in [6, 6.07) is 23.9. The number of ether oxygens (including phenoxy) is 2. The van der Waals surface area contributed by atoms with Crippen molar-refractivity contribution in [3.63, 3.8) is 0 Å². The number of halogens is 3. The molecule has 3 fully saturated rings. The molecule has 0 N–H and O–H groups in total. The first-order chi connectivity index (χ1) is 16.8. The Balaban J connectivity index is 1.47. The summed E-state index contributed by atoms with van der Waals surface area (Å²) in [5.74, 6) is -1.48. The summed E-state index contributed by atoms with van der Waals surface area (Å²) in [6.45, 7) is 1.57. The fourth-order valence-electron chi connectivity index (χ4n) is 5.92.